The van der Waals surface area contributed by atoms with E-state index in [4.69, 9.17) is 9.47 Å². The molecule has 0 amide bonds. The SMILES string of the molecule is Cc1cn(C2CC(OCC(=O)[O-])C(CO)O2)c(=O)[nH]c1=O.[Na+]. The summed E-state index contributed by atoms with van der Waals surface area (Å²) in [6.07, 6.45) is -0.673. The Morgan fingerprint density at radius 2 is 2.27 bits per heavy atom. The van der Waals surface area contributed by atoms with Crippen LogP contribution in [0.25, 0.3) is 0 Å². The number of aliphatic hydroxyl groups is 1. The standard InChI is InChI=1S/C12H16N2O7.Na/c1-6-3-14(12(19)13-11(6)18)9-2-7(8(4-15)21-9)20-5-10(16)17;/h3,7-9,15H,2,4-5H2,1H3,(H,16,17)(H,13,18,19);/q;+1/p-1. The zero-order chi connectivity index (χ0) is 15.6. The fraction of sp³-hybridized carbons (Fsp3) is 0.583. The van der Waals surface area contributed by atoms with Crippen molar-refractivity contribution in [3.63, 3.8) is 0 Å². The van der Waals surface area contributed by atoms with Crippen molar-refractivity contribution in [1.82, 2.24) is 9.55 Å². The molecule has 1 aromatic heterocycles. The largest absolute Gasteiger partial charge is 1.00 e. The van der Waals surface area contributed by atoms with Gasteiger partial charge in [0.15, 0.2) is 0 Å². The Labute approximate surface area is 147 Å². The maximum atomic E-state index is 11.8. The van der Waals surface area contributed by atoms with E-state index in [0.717, 1.165) is 0 Å². The van der Waals surface area contributed by atoms with Crippen molar-refractivity contribution in [2.24, 2.45) is 0 Å². The van der Waals surface area contributed by atoms with Gasteiger partial charge < -0.3 is 24.5 Å². The Balaban J connectivity index is 0.00000242. The number of nitrogens with zero attached hydrogens (tertiary/aromatic N) is 1. The molecule has 1 aromatic rings. The number of aliphatic hydroxyl groups excluding tert-OH is 1. The second kappa shape index (κ2) is 8.04. The molecule has 0 spiro atoms. The molecule has 1 fully saturated rings. The van der Waals surface area contributed by atoms with Gasteiger partial charge in [-0.15, -0.1) is 0 Å². The average Bonchev–Trinajstić information content (AvgIpc) is 2.83. The normalized spacial score (nSPS) is 24.0. The third-order valence-corrected chi connectivity index (χ3v) is 3.23. The molecule has 0 aromatic carbocycles. The molecule has 3 atom stereocenters. The number of carbonyl (C=O) groups is 1. The molecule has 0 radical (unpaired) electrons. The fourth-order valence-corrected chi connectivity index (χ4v) is 2.19. The van der Waals surface area contributed by atoms with Gasteiger partial charge in [0.05, 0.1) is 25.3 Å². The molecule has 116 valence electrons. The number of ether oxygens (including phenoxy) is 2. The number of aromatic amines is 1. The first-order valence-electron chi connectivity index (χ1n) is 6.32. The van der Waals surface area contributed by atoms with Crippen LogP contribution in [0.2, 0.25) is 0 Å². The number of hydrogen-bond donors (Lipinski definition) is 2. The van der Waals surface area contributed by atoms with Gasteiger partial charge >= 0.3 is 35.2 Å². The second-order valence-electron chi connectivity index (χ2n) is 4.75. The molecule has 22 heavy (non-hydrogen) atoms. The van der Waals surface area contributed by atoms with E-state index >= 15 is 0 Å². The van der Waals surface area contributed by atoms with Crippen LogP contribution in [0.5, 0.6) is 0 Å². The van der Waals surface area contributed by atoms with Crippen molar-refractivity contribution < 1.29 is 54.0 Å². The molecule has 1 aliphatic rings. The maximum absolute atomic E-state index is 11.8. The van der Waals surface area contributed by atoms with Crippen molar-refractivity contribution in [3.05, 3.63) is 32.6 Å². The van der Waals surface area contributed by atoms with Crippen LogP contribution in [0, 0.1) is 6.92 Å². The molecule has 1 saturated heterocycles. The van der Waals surface area contributed by atoms with Gasteiger partial charge in [0.2, 0.25) is 0 Å². The van der Waals surface area contributed by atoms with Gasteiger partial charge in [-0.2, -0.15) is 0 Å². The first-order chi connectivity index (χ1) is 9.92. The van der Waals surface area contributed by atoms with Crippen LogP contribution in [0.4, 0.5) is 0 Å². The average molecular weight is 322 g/mol. The van der Waals surface area contributed by atoms with Gasteiger partial charge in [-0.1, -0.05) is 0 Å². The Hall–Kier alpha value is -0.970. The summed E-state index contributed by atoms with van der Waals surface area (Å²) in [4.78, 5) is 35.6. The third kappa shape index (κ3) is 4.28. The van der Waals surface area contributed by atoms with E-state index in [2.05, 4.69) is 4.98 Å². The topological polar surface area (TPSA) is 134 Å². The summed E-state index contributed by atoms with van der Waals surface area (Å²) in [5, 5.41) is 19.6. The Bertz CT molecular complexity index is 641. The van der Waals surface area contributed by atoms with E-state index in [1.54, 1.807) is 0 Å². The van der Waals surface area contributed by atoms with E-state index in [0.29, 0.717) is 5.56 Å². The van der Waals surface area contributed by atoms with Gasteiger partial charge in [-0.25, -0.2) is 4.79 Å². The number of aromatic nitrogens is 2. The quantitative estimate of drug-likeness (QED) is 0.516. The number of hydrogen-bond acceptors (Lipinski definition) is 7. The summed E-state index contributed by atoms with van der Waals surface area (Å²) < 4.78 is 11.7. The molecule has 3 unspecified atom stereocenters. The fourth-order valence-electron chi connectivity index (χ4n) is 2.19. The van der Waals surface area contributed by atoms with E-state index in [9.17, 15) is 24.6 Å². The minimum absolute atomic E-state index is 0. The summed E-state index contributed by atoms with van der Waals surface area (Å²) in [6.45, 7) is 0.527. The minimum atomic E-state index is -1.38. The number of carboxylic acid groups (broad SMARTS) is 1. The summed E-state index contributed by atoms with van der Waals surface area (Å²) in [5.41, 5.74) is -0.802. The molecule has 2 N–H and O–H groups in total. The van der Waals surface area contributed by atoms with Gasteiger partial charge in [0.1, 0.15) is 12.3 Å². The Kier molecular flexibility index (Phi) is 6.98. The molecule has 9 nitrogen and oxygen atoms in total. The van der Waals surface area contributed by atoms with Crippen molar-refractivity contribution >= 4 is 5.97 Å². The smallest absolute Gasteiger partial charge is 0.548 e. The molecule has 1 aliphatic heterocycles. The number of carbonyl (C=O) groups excluding carboxylic acids is 1. The van der Waals surface area contributed by atoms with Crippen molar-refractivity contribution in [3.8, 4) is 0 Å². The number of aryl methyl sites for hydroxylation is 1. The molecule has 2 rings (SSSR count). The van der Waals surface area contributed by atoms with Crippen molar-refractivity contribution in [1.29, 1.82) is 0 Å². The van der Waals surface area contributed by atoms with Crippen molar-refractivity contribution in [2.45, 2.75) is 31.8 Å². The second-order valence-corrected chi connectivity index (χ2v) is 4.75. The van der Waals surface area contributed by atoms with Gasteiger partial charge in [-0.05, 0) is 6.92 Å². The number of carboxylic acids is 1. The molecular weight excluding hydrogens is 307 g/mol. The van der Waals surface area contributed by atoms with E-state index in [1.165, 1.54) is 17.7 Å². The predicted octanol–water partition coefficient (Wildman–Crippen LogP) is -5.74. The first kappa shape index (κ1) is 19.1. The van der Waals surface area contributed by atoms with Crippen LogP contribution in [0.15, 0.2) is 15.8 Å². The summed E-state index contributed by atoms with van der Waals surface area (Å²) >= 11 is 0. The van der Waals surface area contributed by atoms with Crippen LogP contribution in [-0.2, 0) is 14.3 Å². The Morgan fingerprint density at radius 3 is 2.86 bits per heavy atom. The number of nitrogens with one attached hydrogen (secondary N) is 1. The summed E-state index contributed by atoms with van der Waals surface area (Å²) in [6, 6.07) is 0. The minimum Gasteiger partial charge on any atom is -0.548 e. The summed E-state index contributed by atoms with van der Waals surface area (Å²) in [7, 11) is 0. The molecule has 0 aliphatic carbocycles. The van der Waals surface area contributed by atoms with Gasteiger partial charge in [0, 0.05) is 18.2 Å². The molecule has 0 saturated carbocycles. The van der Waals surface area contributed by atoms with Crippen LogP contribution in [0.1, 0.15) is 18.2 Å². The molecular formula is C12H15N2NaO7. The van der Waals surface area contributed by atoms with E-state index in [-0.39, 0.29) is 42.6 Å². The van der Waals surface area contributed by atoms with E-state index in [1.807, 2.05) is 0 Å². The van der Waals surface area contributed by atoms with Crippen molar-refractivity contribution in [2.75, 3.05) is 13.2 Å². The predicted molar refractivity (Wildman–Crippen MR) is 66.4 cm³/mol. The monoisotopic (exact) mass is 322 g/mol. The summed E-state index contributed by atoms with van der Waals surface area (Å²) in [5.74, 6) is -1.38. The van der Waals surface area contributed by atoms with Crippen LogP contribution < -0.4 is 45.9 Å². The van der Waals surface area contributed by atoms with Crippen LogP contribution in [-0.4, -0.2) is 46.0 Å². The third-order valence-electron chi connectivity index (χ3n) is 3.23. The zero-order valence-electron chi connectivity index (χ0n) is 12.3. The number of aliphatic carboxylic acids is 1. The van der Waals surface area contributed by atoms with Gasteiger partial charge in [-0.3, -0.25) is 14.3 Å². The maximum Gasteiger partial charge on any atom is 1.00 e. The molecule has 2 heterocycles. The van der Waals surface area contributed by atoms with E-state index < -0.39 is 42.3 Å². The van der Waals surface area contributed by atoms with Crippen LogP contribution >= 0.6 is 0 Å². The number of H-pyrrole nitrogens is 1. The molecule has 10 heteroatoms. The zero-order valence-corrected chi connectivity index (χ0v) is 14.3. The van der Waals surface area contributed by atoms with Crippen LogP contribution in [0.3, 0.4) is 0 Å². The first-order valence-corrected chi connectivity index (χ1v) is 6.32. The van der Waals surface area contributed by atoms with Gasteiger partial charge in [0.25, 0.3) is 5.56 Å². The number of rotatable bonds is 5. The Morgan fingerprint density at radius 1 is 1.59 bits per heavy atom. The molecule has 0 bridgehead atoms.